The van der Waals surface area contributed by atoms with Gasteiger partial charge in [-0.25, -0.2) is 8.78 Å². The predicted molar refractivity (Wildman–Crippen MR) is 58.3 cm³/mol. The molecule has 0 saturated carbocycles. The van der Waals surface area contributed by atoms with Gasteiger partial charge in [0.1, 0.15) is 12.4 Å². The Hall–Kier alpha value is -0.160. The lowest BCUT2D eigenvalue weighted by atomic mass is 10.2. The molecule has 0 atom stereocenters. The topological polar surface area (TPSA) is 9.23 Å². The van der Waals surface area contributed by atoms with Crippen molar-refractivity contribution < 1.29 is 13.5 Å². The highest BCUT2D eigenvalue weighted by atomic mass is 79.9. The van der Waals surface area contributed by atoms with Crippen LogP contribution in [0.2, 0.25) is 0 Å². The molecule has 0 saturated heterocycles. The van der Waals surface area contributed by atoms with Crippen molar-refractivity contribution in [2.45, 2.75) is 11.8 Å². The van der Waals surface area contributed by atoms with Gasteiger partial charge in [0.15, 0.2) is 0 Å². The van der Waals surface area contributed by atoms with Gasteiger partial charge in [-0.05, 0) is 22.0 Å². The Morgan fingerprint density at radius 1 is 1.36 bits per heavy atom. The number of rotatable bonds is 4. The van der Waals surface area contributed by atoms with Crippen molar-refractivity contribution in [3.63, 3.8) is 0 Å². The van der Waals surface area contributed by atoms with E-state index in [1.807, 2.05) is 12.1 Å². The minimum atomic E-state index is -2.45. The Balaban J connectivity index is 2.82. The van der Waals surface area contributed by atoms with E-state index in [2.05, 4.69) is 31.9 Å². The smallest absolute Gasteiger partial charge is 0.272 e. The number of halogens is 4. The molecule has 1 rings (SSSR count). The summed E-state index contributed by atoms with van der Waals surface area (Å²) in [5.74, 6) is 0.477. The lowest BCUT2D eigenvalue weighted by Gasteiger charge is -2.11. The Morgan fingerprint density at radius 3 is 2.64 bits per heavy atom. The molecule has 1 aromatic carbocycles. The van der Waals surface area contributed by atoms with Gasteiger partial charge in [0, 0.05) is 10.9 Å². The lowest BCUT2D eigenvalue weighted by molar-refractivity contribution is 0.0812. The quantitative estimate of drug-likeness (QED) is 0.759. The highest BCUT2D eigenvalue weighted by Crippen LogP contribution is 2.30. The summed E-state index contributed by atoms with van der Waals surface area (Å²) in [6.07, 6.45) is -2.45. The number of benzene rings is 1. The summed E-state index contributed by atoms with van der Waals surface area (Å²) in [6, 6.07) is 5.41. The summed E-state index contributed by atoms with van der Waals surface area (Å²) in [7, 11) is 0. The highest BCUT2D eigenvalue weighted by Gasteiger charge is 2.10. The van der Waals surface area contributed by atoms with Crippen LogP contribution in [-0.2, 0) is 5.33 Å². The van der Waals surface area contributed by atoms with Gasteiger partial charge in [-0.15, -0.1) is 0 Å². The van der Waals surface area contributed by atoms with E-state index in [1.54, 1.807) is 6.07 Å². The predicted octanol–water partition coefficient (Wildman–Crippen LogP) is 3.99. The second-order valence-corrected chi connectivity index (χ2v) is 3.98. The fourth-order valence-corrected chi connectivity index (χ4v) is 1.93. The molecule has 78 valence electrons. The number of hydrogen-bond donors (Lipinski definition) is 0. The fraction of sp³-hybridized carbons (Fsp3) is 0.333. The van der Waals surface area contributed by atoms with Crippen LogP contribution >= 0.6 is 31.9 Å². The Bertz CT molecular complexity index is 305. The van der Waals surface area contributed by atoms with Crippen LogP contribution in [0.3, 0.4) is 0 Å². The van der Waals surface area contributed by atoms with Gasteiger partial charge in [-0.1, -0.05) is 28.1 Å². The number of alkyl halides is 3. The third-order valence-electron chi connectivity index (χ3n) is 1.55. The first-order valence-corrected chi connectivity index (χ1v) is 5.81. The summed E-state index contributed by atoms with van der Waals surface area (Å²) in [4.78, 5) is 0. The van der Waals surface area contributed by atoms with E-state index < -0.39 is 13.0 Å². The first kappa shape index (κ1) is 11.9. The van der Waals surface area contributed by atoms with Crippen molar-refractivity contribution in [3.05, 3.63) is 28.2 Å². The summed E-state index contributed by atoms with van der Waals surface area (Å²) in [6.45, 7) is -0.581. The molecule has 0 radical (unpaired) electrons. The molecule has 0 fully saturated rings. The van der Waals surface area contributed by atoms with Gasteiger partial charge in [0.25, 0.3) is 6.43 Å². The Morgan fingerprint density at radius 2 is 2.07 bits per heavy atom. The average Bonchev–Trinajstić information content (AvgIpc) is 2.15. The molecule has 5 heteroatoms. The van der Waals surface area contributed by atoms with Crippen LogP contribution in [0.4, 0.5) is 8.78 Å². The van der Waals surface area contributed by atoms with Crippen LogP contribution in [0.5, 0.6) is 5.75 Å². The molecule has 0 aliphatic carbocycles. The maximum Gasteiger partial charge on any atom is 0.272 e. The standard InChI is InChI=1S/C9H8Br2F2O/c10-4-6-2-1-3-7(11)9(6)14-5-8(12)13/h1-3,8H,4-5H2. The van der Waals surface area contributed by atoms with E-state index in [1.165, 1.54) is 0 Å². The molecule has 0 heterocycles. The van der Waals surface area contributed by atoms with Gasteiger partial charge < -0.3 is 4.74 Å². The van der Waals surface area contributed by atoms with Gasteiger partial charge in [-0.2, -0.15) is 0 Å². The maximum atomic E-state index is 11.9. The zero-order chi connectivity index (χ0) is 10.6. The Labute approximate surface area is 97.7 Å². The summed E-state index contributed by atoms with van der Waals surface area (Å²) in [5.41, 5.74) is 0.847. The van der Waals surface area contributed by atoms with Gasteiger partial charge >= 0.3 is 0 Å². The molecule has 0 aliphatic heterocycles. The minimum Gasteiger partial charge on any atom is -0.486 e. The van der Waals surface area contributed by atoms with E-state index in [4.69, 9.17) is 4.74 Å². The third-order valence-corrected chi connectivity index (χ3v) is 2.77. The van der Waals surface area contributed by atoms with Crippen molar-refractivity contribution >= 4 is 31.9 Å². The third kappa shape index (κ3) is 3.20. The first-order valence-electron chi connectivity index (χ1n) is 3.89. The van der Waals surface area contributed by atoms with Crippen molar-refractivity contribution in [2.24, 2.45) is 0 Å². The molecular formula is C9H8Br2F2O. The number of hydrogen-bond acceptors (Lipinski definition) is 1. The van der Waals surface area contributed by atoms with Crippen LogP contribution in [0.25, 0.3) is 0 Å². The van der Waals surface area contributed by atoms with Crippen molar-refractivity contribution in [1.82, 2.24) is 0 Å². The summed E-state index contributed by atoms with van der Waals surface area (Å²) < 4.78 is 29.6. The van der Waals surface area contributed by atoms with E-state index >= 15 is 0 Å². The molecule has 0 bridgehead atoms. The lowest BCUT2D eigenvalue weighted by Crippen LogP contribution is -2.08. The SMILES string of the molecule is FC(F)COc1c(Br)cccc1CBr. The summed E-state index contributed by atoms with van der Waals surface area (Å²) >= 11 is 6.51. The molecule has 0 spiro atoms. The van der Waals surface area contributed by atoms with Gasteiger partial charge in [0.2, 0.25) is 0 Å². The van der Waals surface area contributed by atoms with Crippen LogP contribution in [-0.4, -0.2) is 13.0 Å². The maximum absolute atomic E-state index is 11.9. The largest absolute Gasteiger partial charge is 0.486 e. The molecule has 0 N–H and O–H groups in total. The van der Waals surface area contributed by atoms with Crippen molar-refractivity contribution in [1.29, 1.82) is 0 Å². The minimum absolute atomic E-state index is 0.477. The zero-order valence-electron chi connectivity index (χ0n) is 7.14. The number of ether oxygens (including phenoxy) is 1. The van der Waals surface area contributed by atoms with Crippen LogP contribution in [0, 0.1) is 0 Å². The van der Waals surface area contributed by atoms with E-state index in [-0.39, 0.29) is 0 Å². The summed E-state index contributed by atoms with van der Waals surface area (Å²) in [5, 5.41) is 0.574. The number of para-hydroxylation sites is 1. The molecular weight excluding hydrogens is 322 g/mol. The highest BCUT2D eigenvalue weighted by molar-refractivity contribution is 9.10. The normalized spacial score (nSPS) is 10.6. The first-order chi connectivity index (χ1) is 6.65. The monoisotopic (exact) mass is 328 g/mol. The molecule has 1 nitrogen and oxygen atoms in total. The fourth-order valence-electron chi connectivity index (χ4n) is 0.967. The van der Waals surface area contributed by atoms with Crippen molar-refractivity contribution in [3.8, 4) is 5.75 Å². The van der Waals surface area contributed by atoms with E-state index in [0.29, 0.717) is 15.6 Å². The van der Waals surface area contributed by atoms with Crippen LogP contribution in [0.1, 0.15) is 5.56 Å². The Kier molecular flexibility index (Phi) is 4.81. The zero-order valence-corrected chi connectivity index (χ0v) is 10.3. The molecule has 0 aromatic heterocycles. The molecule has 0 amide bonds. The van der Waals surface area contributed by atoms with Crippen molar-refractivity contribution in [2.75, 3.05) is 6.61 Å². The van der Waals surface area contributed by atoms with E-state index in [9.17, 15) is 8.78 Å². The molecule has 14 heavy (non-hydrogen) atoms. The molecule has 0 aliphatic rings. The van der Waals surface area contributed by atoms with E-state index in [0.717, 1.165) is 5.56 Å². The molecule has 1 aromatic rings. The second-order valence-electron chi connectivity index (χ2n) is 2.56. The van der Waals surface area contributed by atoms with Crippen LogP contribution < -0.4 is 4.74 Å². The van der Waals surface area contributed by atoms with Gasteiger partial charge in [-0.3, -0.25) is 0 Å². The second kappa shape index (κ2) is 5.66. The average molecular weight is 330 g/mol. The van der Waals surface area contributed by atoms with Crippen LogP contribution in [0.15, 0.2) is 22.7 Å². The molecule has 0 unspecified atom stereocenters. The van der Waals surface area contributed by atoms with Gasteiger partial charge in [0.05, 0.1) is 4.47 Å².